The van der Waals surface area contributed by atoms with Gasteiger partial charge in [-0.15, -0.1) is 0 Å². The molecule has 110 valence electrons. The van der Waals surface area contributed by atoms with Crippen LogP contribution in [-0.2, 0) is 13.1 Å². The van der Waals surface area contributed by atoms with E-state index in [1.807, 2.05) is 4.90 Å². The predicted octanol–water partition coefficient (Wildman–Crippen LogP) is 2.98. The standard InChI is InChI=1S/C14H16F4N2/c15-13-2-1-10(7-11(13)8-19)9-20-5-3-12(4-6-20)14(16,17)18/h1-3,7H,4-6,8-9,19H2. The summed E-state index contributed by atoms with van der Waals surface area (Å²) in [7, 11) is 0. The van der Waals surface area contributed by atoms with Crippen LogP contribution in [0.3, 0.4) is 0 Å². The molecule has 0 saturated heterocycles. The molecule has 0 radical (unpaired) electrons. The molecule has 0 unspecified atom stereocenters. The summed E-state index contributed by atoms with van der Waals surface area (Å²) in [5.41, 5.74) is 6.25. The van der Waals surface area contributed by atoms with E-state index in [0.717, 1.165) is 5.56 Å². The summed E-state index contributed by atoms with van der Waals surface area (Å²) < 4.78 is 50.8. The Morgan fingerprint density at radius 3 is 2.55 bits per heavy atom. The Morgan fingerprint density at radius 2 is 2.00 bits per heavy atom. The van der Waals surface area contributed by atoms with Crippen molar-refractivity contribution in [3.63, 3.8) is 0 Å². The van der Waals surface area contributed by atoms with Gasteiger partial charge in [0.1, 0.15) is 5.82 Å². The molecule has 1 heterocycles. The zero-order valence-electron chi connectivity index (χ0n) is 10.9. The molecule has 1 aliphatic rings. The largest absolute Gasteiger partial charge is 0.412 e. The van der Waals surface area contributed by atoms with Crippen molar-refractivity contribution in [1.29, 1.82) is 0 Å². The SMILES string of the molecule is NCc1cc(CN2CC=C(C(F)(F)F)CC2)ccc1F. The Morgan fingerprint density at radius 1 is 1.25 bits per heavy atom. The topological polar surface area (TPSA) is 29.3 Å². The summed E-state index contributed by atoms with van der Waals surface area (Å²) in [6.45, 7) is 1.21. The minimum atomic E-state index is -4.23. The molecule has 0 amide bonds. The average Bonchev–Trinajstić information content (AvgIpc) is 2.40. The molecule has 2 N–H and O–H groups in total. The van der Waals surface area contributed by atoms with Crippen LogP contribution in [0.2, 0.25) is 0 Å². The van der Waals surface area contributed by atoms with Gasteiger partial charge in [-0.25, -0.2) is 4.39 Å². The molecular weight excluding hydrogens is 272 g/mol. The lowest BCUT2D eigenvalue weighted by atomic mass is 10.1. The second kappa shape index (κ2) is 5.93. The van der Waals surface area contributed by atoms with E-state index in [1.165, 1.54) is 12.1 Å². The van der Waals surface area contributed by atoms with Crippen molar-refractivity contribution < 1.29 is 17.6 Å². The maximum absolute atomic E-state index is 13.3. The van der Waals surface area contributed by atoms with Gasteiger partial charge < -0.3 is 5.73 Å². The first-order valence-corrected chi connectivity index (χ1v) is 6.36. The third kappa shape index (κ3) is 3.58. The third-order valence-corrected chi connectivity index (χ3v) is 3.39. The smallest absolute Gasteiger partial charge is 0.326 e. The molecule has 1 aromatic rings. The van der Waals surface area contributed by atoms with Crippen molar-refractivity contribution in [3.8, 4) is 0 Å². The van der Waals surface area contributed by atoms with Crippen molar-refractivity contribution in [3.05, 3.63) is 46.8 Å². The van der Waals surface area contributed by atoms with Crippen LogP contribution in [0.4, 0.5) is 17.6 Å². The maximum atomic E-state index is 13.3. The zero-order valence-corrected chi connectivity index (χ0v) is 10.9. The van der Waals surface area contributed by atoms with Crippen LogP contribution in [0.5, 0.6) is 0 Å². The Hall–Kier alpha value is -1.40. The molecule has 20 heavy (non-hydrogen) atoms. The first-order chi connectivity index (χ1) is 9.40. The Balaban J connectivity index is 2.01. The highest BCUT2D eigenvalue weighted by molar-refractivity contribution is 5.25. The van der Waals surface area contributed by atoms with E-state index in [2.05, 4.69) is 0 Å². The molecule has 2 rings (SSSR count). The fourth-order valence-corrected chi connectivity index (χ4v) is 2.25. The van der Waals surface area contributed by atoms with Gasteiger partial charge in [-0.1, -0.05) is 18.2 Å². The van der Waals surface area contributed by atoms with E-state index >= 15 is 0 Å². The lowest BCUT2D eigenvalue weighted by Gasteiger charge is -2.27. The summed E-state index contributed by atoms with van der Waals surface area (Å²) in [4.78, 5) is 1.89. The number of hydrogen-bond donors (Lipinski definition) is 1. The van der Waals surface area contributed by atoms with E-state index in [9.17, 15) is 17.6 Å². The Bertz CT molecular complexity index is 508. The molecule has 2 nitrogen and oxygen atoms in total. The number of nitrogens with zero attached hydrogens (tertiary/aromatic N) is 1. The fraction of sp³-hybridized carbons (Fsp3) is 0.429. The van der Waals surface area contributed by atoms with Crippen molar-refractivity contribution in [1.82, 2.24) is 4.90 Å². The second-order valence-electron chi connectivity index (χ2n) is 4.84. The van der Waals surface area contributed by atoms with Gasteiger partial charge >= 0.3 is 6.18 Å². The fourth-order valence-electron chi connectivity index (χ4n) is 2.25. The number of benzene rings is 1. The minimum Gasteiger partial charge on any atom is -0.326 e. The molecular formula is C14H16F4N2. The summed E-state index contributed by atoms with van der Waals surface area (Å²) in [6.07, 6.45) is -3.01. The van der Waals surface area contributed by atoms with Crippen LogP contribution in [0, 0.1) is 5.82 Å². The maximum Gasteiger partial charge on any atom is 0.412 e. The number of nitrogens with two attached hydrogens (primary N) is 1. The Kier molecular flexibility index (Phi) is 4.45. The average molecular weight is 288 g/mol. The van der Waals surface area contributed by atoms with Crippen molar-refractivity contribution >= 4 is 0 Å². The summed E-state index contributed by atoms with van der Waals surface area (Å²) >= 11 is 0. The van der Waals surface area contributed by atoms with Crippen LogP contribution in [0.25, 0.3) is 0 Å². The molecule has 0 fully saturated rings. The van der Waals surface area contributed by atoms with Crippen LogP contribution in [-0.4, -0.2) is 24.2 Å². The molecule has 0 aromatic heterocycles. The molecule has 0 aliphatic carbocycles. The van der Waals surface area contributed by atoms with Gasteiger partial charge in [0.2, 0.25) is 0 Å². The molecule has 0 saturated carbocycles. The normalized spacial score (nSPS) is 17.1. The third-order valence-electron chi connectivity index (χ3n) is 3.39. The lowest BCUT2D eigenvalue weighted by molar-refractivity contribution is -0.0960. The van der Waals surface area contributed by atoms with Gasteiger partial charge in [-0.3, -0.25) is 4.90 Å². The molecule has 1 aliphatic heterocycles. The highest BCUT2D eigenvalue weighted by atomic mass is 19.4. The monoisotopic (exact) mass is 288 g/mol. The first kappa shape index (κ1) is 15.0. The van der Waals surface area contributed by atoms with E-state index in [0.29, 0.717) is 18.7 Å². The van der Waals surface area contributed by atoms with E-state index in [-0.39, 0.29) is 25.3 Å². The zero-order chi connectivity index (χ0) is 14.8. The van der Waals surface area contributed by atoms with Gasteiger partial charge in [0.05, 0.1) is 0 Å². The van der Waals surface area contributed by atoms with Gasteiger partial charge in [0, 0.05) is 37.3 Å². The summed E-state index contributed by atoms with van der Waals surface area (Å²) in [5.74, 6) is -0.353. The Labute approximate surface area is 114 Å². The lowest BCUT2D eigenvalue weighted by Crippen LogP contribution is -2.31. The number of rotatable bonds is 3. The molecule has 0 bridgehead atoms. The quantitative estimate of drug-likeness (QED) is 0.684. The number of hydrogen-bond acceptors (Lipinski definition) is 2. The summed E-state index contributed by atoms with van der Waals surface area (Å²) in [5, 5.41) is 0. The van der Waals surface area contributed by atoms with Crippen molar-refractivity contribution in [2.24, 2.45) is 5.73 Å². The van der Waals surface area contributed by atoms with Crippen molar-refractivity contribution in [2.75, 3.05) is 13.1 Å². The molecule has 6 heteroatoms. The van der Waals surface area contributed by atoms with Crippen LogP contribution >= 0.6 is 0 Å². The van der Waals surface area contributed by atoms with Crippen LogP contribution < -0.4 is 5.73 Å². The van der Waals surface area contributed by atoms with Crippen LogP contribution in [0.1, 0.15) is 17.5 Å². The van der Waals surface area contributed by atoms with Crippen molar-refractivity contribution in [2.45, 2.75) is 25.7 Å². The predicted molar refractivity (Wildman–Crippen MR) is 68.3 cm³/mol. The van der Waals surface area contributed by atoms with Gasteiger partial charge in [0.25, 0.3) is 0 Å². The first-order valence-electron chi connectivity index (χ1n) is 6.36. The number of alkyl halides is 3. The van der Waals surface area contributed by atoms with E-state index < -0.39 is 11.7 Å². The number of halogens is 4. The molecule has 1 aromatic carbocycles. The van der Waals surface area contributed by atoms with Gasteiger partial charge in [-0.05, 0) is 18.1 Å². The van der Waals surface area contributed by atoms with E-state index in [1.54, 1.807) is 12.1 Å². The molecule has 0 atom stereocenters. The van der Waals surface area contributed by atoms with Crippen LogP contribution in [0.15, 0.2) is 29.8 Å². The van der Waals surface area contributed by atoms with Gasteiger partial charge in [0.15, 0.2) is 0 Å². The van der Waals surface area contributed by atoms with Gasteiger partial charge in [-0.2, -0.15) is 13.2 Å². The highest BCUT2D eigenvalue weighted by Gasteiger charge is 2.34. The minimum absolute atomic E-state index is 0.00552. The molecule has 0 spiro atoms. The van der Waals surface area contributed by atoms with E-state index in [4.69, 9.17) is 5.73 Å². The highest BCUT2D eigenvalue weighted by Crippen LogP contribution is 2.30. The summed E-state index contributed by atoms with van der Waals surface area (Å²) in [6, 6.07) is 4.65. The second-order valence-corrected chi connectivity index (χ2v) is 4.84.